The van der Waals surface area contributed by atoms with E-state index in [0.717, 1.165) is 16.9 Å². The molecule has 0 unspecified atom stereocenters. The lowest BCUT2D eigenvalue weighted by molar-refractivity contribution is 0.296. The summed E-state index contributed by atoms with van der Waals surface area (Å²) in [5, 5.41) is 19.6. The lowest BCUT2D eigenvalue weighted by Crippen LogP contribution is -2.06. The van der Waals surface area contributed by atoms with Crippen LogP contribution in [0, 0.1) is 5.21 Å². The summed E-state index contributed by atoms with van der Waals surface area (Å²) in [6, 6.07) is 12.4. The fraction of sp³-hybridized carbons (Fsp3) is 0. The number of imidazole rings is 1. The van der Waals surface area contributed by atoms with E-state index in [-0.39, 0.29) is 10.9 Å². The molecule has 5 heteroatoms. The fourth-order valence-electron chi connectivity index (χ4n) is 1.86. The van der Waals surface area contributed by atoms with E-state index >= 15 is 0 Å². The van der Waals surface area contributed by atoms with Crippen LogP contribution in [0.25, 0.3) is 16.9 Å². The van der Waals surface area contributed by atoms with Gasteiger partial charge in [0.05, 0.1) is 11.4 Å². The minimum atomic E-state index is -0.153. The molecule has 1 aromatic carbocycles. The Kier molecular flexibility index (Phi) is 2.47. The second kappa shape index (κ2) is 4.14. The first kappa shape index (κ1) is 10.8. The van der Waals surface area contributed by atoms with Crippen molar-refractivity contribution < 1.29 is 5.21 Å². The van der Waals surface area contributed by atoms with E-state index in [0.29, 0.717) is 0 Å². The van der Waals surface area contributed by atoms with Gasteiger partial charge in [0.1, 0.15) is 5.65 Å². The van der Waals surface area contributed by atoms with Gasteiger partial charge in [-0.05, 0) is 24.3 Å². The number of pyridine rings is 1. The van der Waals surface area contributed by atoms with Crippen LogP contribution >= 0.6 is 0 Å². The maximum Gasteiger partial charge on any atom is 0.137 e. The summed E-state index contributed by atoms with van der Waals surface area (Å²) in [6.45, 7) is 0. The fourth-order valence-corrected chi connectivity index (χ4v) is 1.86. The standard InChI is InChI=1S/C13H10N3O2/c17-16(18)11-5-3-4-10(8-11)12-9-15-7-2-1-6-13(15)14-12/h1-9,17H/q-1. The number of nitrogens with zero attached hydrogens (tertiary/aromatic N) is 3. The molecule has 0 radical (unpaired) electrons. The SMILES string of the molecule is [O-]N(O)c1cccc(-c2cn3ccccc3n2)c1. The molecule has 0 aliphatic rings. The molecule has 90 valence electrons. The van der Waals surface area contributed by atoms with Crippen molar-refractivity contribution in [3.8, 4) is 11.3 Å². The summed E-state index contributed by atoms with van der Waals surface area (Å²) in [5.74, 6) is 0. The van der Waals surface area contributed by atoms with Gasteiger partial charge < -0.3 is 14.8 Å². The number of aromatic nitrogens is 2. The number of fused-ring (bicyclic) bond motifs is 1. The van der Waals surface area contributed by atoms with Crippen molar-refractivity contribution in [1.82, 2.24) is 9.38 Å². The lowest BCUT2D eigenvalue weighted by atomic mass is 10.1. The van der Waals surface area contributed by atoms with E-state index in [4.69, 9.17) is 5.21 Å². The molecule has 0 amide bonds. The normalized spacial score (nSPS) is 10.8. The van der Waals surface area contributed by atoms with Gasteiger partial charge >= 0.3 is 0 Å². The van der Waals surface area contributed by atoms with Gasteiger partial charge in [-0.2, -0.15) is 0 Å². The Morgan fingerprint density at radius 1 is 1.17 bits per heavy atom. The Morgan fingerprint density at radius 2 is 2.06 bits per heavy atom. The molecule has 18 heavy (non-hydrogen) atoms. The Hall–Kier alpha value is -2.37. The van der Waals surface area contributed by atoms with Crippen molar-refractivity contribution >= 4 is 11.3 Å². The average molecular weight is 240 g/mol. The molecular formula is C13H10N3O2-. The Labute approximate surface area is 103 Å². The number of rotatable bonds is 2. The lowest BCUT2D eigenvalue weighted by Gasteiger charge is -2.21. The maximum atomic E-state index is 10.8. The molecule has 2 aromatic heterocycles. The Morgan fingerprint density at radius 3 is 2.83 bits per heavy atom. The molecule has 3 aromatic rings. The molecule has 0 atom stereocenters. The van der Waals surface area contributed by atoms with Crippen molar-refractivity contribution in [2.75, 3.05) is 5.23 Å². The van der Waals surface area contributed by atoms with Crippen LogP contribution in [0.15, 0.2) is 54.9 Å². The first-order chi connectivity index (χ1) is 8.74. The van der Waals surface area contributed by atoms with Crippen LogP contribution in [0.4, 0.5) is 5.69 Å². The highest BCUT2D eigenvalue weighted by Crippen LogP contribution is 2.23. The number of anilines is 1. The second-order valence-corrected chi connectivity index (χ2v) is 3.92. The molecule has 3 rings (SSSR count). The van der Waals surface area contributed by atoms with Crippen LogP contribution in [-0.2, 0) is 0 Å². The van der Waals surface area contributed by atoms with Gasteiger partial charge in [0.25, 0.3) is 0 Å². The third-order valence-electron chi connectivity index (χ3n) is 2.73. The van der Waals surface area contributed by atoms with Crippen LogP contribution in [0.2, 0.25) is 0 Å². The molecule has 0 aliphatic carbocycles. The molecule has 5 nitrogen and oxygen atoms in total. The molecule has 0 bridgehead atoms. The highest BCUT2D eigenvalue weighted by atomic mass is 16.8. The summed E-state index contributed by atoms with van der Waals surface area (Å²) in [6.07, 6.45) is 3.78. The minimum Gasteiger partial charge on any atom is -0.733 e. The van der Waals surface area contributed by atoms with E-state index in [1.807, 2.05) is 41.1 Å². The van der Waals surface area contributed by atoms with Gasteiger partial charge in [0, 0.05) is 18.0 Å². The Balaban J connectivity index is 2.11. The van der Waals surface area contributed by atoms with E-state index in [9.17, 15) is 5.21 Å². The van der Waals surface area contributed by atoms with Gasteiger partial charge in [-0.25, -0.2) is 4.98 Å². The van der Waals surface area contributed by atoms with Crippen molar-refractivity contribution in [3.63, 3.8) is 0 Å². The summed E-state index contributed by atoms with van der Waals surface area (Å²) in [5.41, 5.74) is 2.56. The maximum absolute atomic E-state index is 10.8. The summed E-state index contributed by atoms with van der Waals surface area (Å²) >= 11 is 0. The highest BCUT2D eigenvalue weighted by molar-refractivity contribution is 5.67. The first-order valence-corrected chi connectivity index (χ1v) is 5.44. The molecule has 0 saturated heterocycles. The zero-order chi connectivity index (χ0) is 12.5. The molecule has 0 fully saturated rings. The van der Waals surface area contributed by atoms with Gasteiger partial charge in [0.2, 0.25) is 0 Å². The Bertz CT molecular complexity index is 658. The smallest absolute Gasteiger partial charge is 0.137 e. The summed E-state index contributed by atoms with van der Waals surface area (Å²) < 4.78 is 1.90. The van der Waals surface area contributed by atoms with Crippen LogP contribution in [0.5, 0.6) is 0 Å². The number of hydrogen-bond donors (Lipinski definition) is 1. The topological polar surface area (TPSA) is 63.8 Å². The molecular weight excluding hydrogens is 230 g/mol. The van der Waals surface area contributed by atoms with Crippen LogP contribution in [0.3, 0.4) is 0 Å². The zero-order valence-corrected chi connectivity index (χ0v) is 9.39. The molecule has 1 N–H and O–H groups in total. The quantitative estimate of drug-likeness (QED) is 0.699. The van der Waals surface area contributed by atoms with Crippen LogP contribution < -0.4 is 5.23 Å². The summed E-state index contributed by atoms with van der Waals surface area (Å²) in [7, 11) is 0. The third kappa shape index (κ3) is 1.81. The molecule has 2 heterocycles. The number of benzene rings is 1. The third-order valence-corrected chi connectivity index (χ3v) is 2.73. The first-order valence-electron chi connectivity index (χ1n) is 5.44. The van der Waals surface area contributed by atoms with Crippen LogP contribution in [0.1, 0.15) is 0 Å². The van der Waals surface area contributed by atoms with E-state index in [1.165, 1.54) is 6.07 Å². The molecule has 0 spiro atoms. The minimum absolute atomic E-state index is 0.153. The van der Waals surface area contributed by atoms with Gasteiger partial charge in [0.15, 0.2) is 0 Å². The van der Waals surface area contributed by atoms with Gasteiger partial charge in [-0.15, -0.1) is 0 Å². The number of hydrogen-bond acceptors (Lipinski definition) is 4. The summed E-state index contributed by atoms with van der Waals surface area (Å²) in [4.78, 5) is 4.44. The van der Waals surface area contributed by atoms with Crippen molar-refractivity contribution in [3.05, 3.63) is 60.1 Å². The monoisotopic (exact) mass is 240 g/mol. The van der Waals surface area contributed by atoms with E-state index in [2.05, 4.69) is 4.98 Å². The molecule has 0 saturated carbocycles. The van der Waals surface area contributed by atoms with Crippen molar-refractivity contribution in [1.29, 1.82) is 0 Å². The predicted octanol–water partition coefficient (Wildman–Crippen LogP) is 2.69. The second-order valence-electron chi connectivity index (χ2n) is 3.92. The average Bonchev–Trinajstić information content (AvgIpc) is 2.82. The van der Waals surface area contributed by atoms with E-state index < -0.39 is 0 Å². The largest absolute Gasteiger partial charge is 0.733 e. The van der Waals surface area contributed by atoms with Gasteiger partial charge in [-0.3, -0.25) is 5.21 Å². The zero-order valence-electron chi connectivity index (χ0n) is 9.39. The highest BCUT2D eigenvalue weighted by Gasteiger charge is 2.04. The van der Waals surface area contributed by atoms with Crippen molar-refractivity contribution in [2.24, 2.45) is 0 Å². The predicted molar refractivity (Wildman–Crippen MR) is 68.3 cm³/mol. The van der Waals surface area contributed by atoms with Gasteiger partial charge in [-0.1, -0.05) is 18.2 Å². The molecule has 0 aliphatic heterocycles. The van der Waals surface area contributed by atoms with E-state index in [1.54, 1.807) is 12.1 Å². The van der Waals surface area contributed by atoms with Crippen molar-refractivity contribution in [2.45, 2.75) is 0 Å². The van der Waals surface area contributed by atoms with Crippen LogP contribution in [-0.4, -0.2) is 14.6 Å².